The number of carbonyl (C=O) groups excluding carboxylic acids is 2. The summed E-state index contributed by atoms with van der Waals surface area (Å²) < 4.78 is 6.76. The number of aromatic nitrogens is 2. The maximum atomic E-state index is 12.7. The van der Waals surface area contributed by atoms with Crippen LogP contribution in [0, 0.1) is 0 Å². The molecule has 0 spiro atoms. The molecule has 0 saturated carbocycles. The molecule has 0 bridgehead atoms. The second kappa shape index (κ2) is 9.56. The molecule has 28 heavy (non-hydrogen) atoms. The molecule has 0 unspecified atom stereocenters. The Bertz CT molecular complexity index is 783. The Morgan fingerprint density at radius 2 is 2.04 bits per heavy atom. The monoisotopic (exact) mass is 406 g/mol. The van der Waals surface area contributed by atoms with Crippen LogP contribution in [-0.2, 0) is 13.6 Å². The lowest BCUT2D eigenvalue weighted by atomic mass is 10.2. The van der Waals surface area contributed by atoms with Gasteiger partial charge in [0.1, 0.15) is 5.56 Å². The first-order valence-corrected chi connectivity index (χ1v) is 10.1. The molecule has 10 heteroatoms. The number of hydrogen-bond donors (Lipinski definition) is 2. The molecule has 3 amide bonds. The maximum absolute atomic E-state index is 12.7. The van der Waals surface area contributed by atoms with Crippen molar-refractivity contribution in [3.63, 3.8) is 0 Å². The van der Waals surface area contributed by atoms with E-state index in [0.29, 0.717) is 37.6 Å². The number of hydrogen-bond acceptors (Lipinski definition) is 6. The van der Waals surface area contributed by atoms with Crippen molar-refractivity contribution in [2.75, 3.05) is 46.4 Å². The van der Waals surface area contributed by atoms with Gasteiger partial charge < -0.3 is 20.3 Å². The average molecular weight is 407 g/mol. The molecule has 1 saturated heterocycles. The quantitative estimate of drug-likeness (QED) is 0.708. The Balaban J connectivity index is 1.36. The Morgan fingerprint density at radius 3 is 2.71 bits per heavy atom. The molecule has 2 aromatic heterocycles. The third kappa shape index (κ3) is 5.23. The van der Waals surface area contributed by atoms with Crippen LogP contribution in [0.25, 0.3) is 0 Å². The second-order valence-electron chi connectivity index (χ2n) is 6.55. The Morgan fingerprint density at radius 1 is 1.25 bits per heavy atom. The molecular formula is C18H26N6O3S. The number of nitrogens with one attached hydrogen (secondary N) is 2. The standard InChI is InChI=1S/C18H26N6O3S/c1-22-13-15(16(21-22)27-2)17(25)24-9-7-23(8-10-24)6-5-19-18(26)20-12-14-4-3-11-28-14/h3-4,11,13H,5-10,12H2,1-2H3,(H2,19,20,26). The first kappa shape index (κ1) is 20.2. The number of rotatable bonds is 7. The van der Waals surface area contributed by atoms with Gasteiger partial charge in [0.2, 0.25) is 5.88 Å². The summed E-state index contributed by atoms with van der Waals surface area (Å²) in [5.41, 5.74) is 0.488. The smallest absolute Gasteiger partial charge is 0.315 e. The summed E-state index contributed by atoms with van der Waals surface area (Å²) in [6.45, 7) is 4.69. The normalized spacial score (nSPS) is 14.7. The predicted molar refractivity (Wildman–Crippen MR) is 107 cm³/mol. The molecule has 3 heterocycles. The maximum Gasteiger partial charge on any atom is 0.315 e. The summed E-state index contributed by atoms with van der Waals surface area (Å²) in [6, 6.07) is 3.80. The van der Waals surface area contributed by atoms with Crippen LogP contribution in [0.2, 0.25) is 0 Å². The third-order valence-corrected chi connectivity index (χ3v) is 5.47. The molecule has 0 radical (unpaired) electrons. The summed E-state index contributed by atoms with van der Waals surface area (Å²) in [6.07, 6.45) is 1.69. The molecule has 1 aliphatic heterocycles. The second-order valence-corrected chi connectivity index (χ2v) is 7.58. The number of aryl methyl sites for hydroxylation is 1. The molecule has 152 valence electrons. The summed E-state index contributed by atoms with van der Waals surface area (Å²) in [5.74, 6) is 0.295. The number of nitrogens with zero attached hydrogens (tertiary/aromatic N) is 4. The molecule has 0 atom stereocenters. The van der Waals surface area contributed by atoms with Crippen molar-refractivity contribution in [2.24, 2.45) is 7.05 Å². The largest absolute Gasteiger partial charge is 0.479 e. The van der Waals surface area contributed by atoms with Gasteiger partial charge in [-0.1, -0.05) is 6.07 Å². The van der Waals surface area contributed by atoms with Crippen LogP contribution in [0.4, 0.5) is 4.79 Å². The zero-order chi connectivity index (χ0) is 19.9. The van der Waals surface area contributed by atoms with Crippen LogP contribution in [0.15, 0.2) is 23.7 Å². The summed E-state index contributed by atoms with van der Waals surface area (Å²) >= 11 is 1.62. The molecular weight excluding hydrogens is 380 g/mol. The van der Waals surface area contributed by atoms with E-state index in [1.807, 2.05) is 22.4 Å². The fourth-order valence-corrected chi connectivity index (χ4v) is 3.73. The van der Waals surface area contributed by atoms with E-state index in [-0.39, 0.29) is 11.9 Å². The van der Waals surface area contributed by atoms with Crippen molar-refractivity contribution in [3.05, 3.63) is 34.2 Å². The number of ether oxygens (including phenoxy) is 1. The molecule has 1 aliphatic rings. The van der Waals surface area contributed by atoms with Crippen molar-refractivity contribution >= 4 is 23.3 Å². The van der Waals surface area contributed by atoms with E-state index in [4.69, 9.17) is 4.74 Å². The Labute approximate surface area is 168 Å². The van der Waals surface area contributed by atoms with Crippen LogP contribution < -0.4 is 15.4 Å². The minimum atomic E-state index is -0.161. The van der Waals surface area contributed by atoms with Gasteiger partial charge in [-0.05, 0) is 11.4 Å². The topological polar surface area (TPSA) is 91.7 Å². The zero-order valence-corrected chi connectivity index (χ0v) is 17.0. The van der Waals surface area contributed by atoms with Crippen molar-refractivity contribution in [1.82, 2.24) is 30.2 Å². The third-order valence-electron chi connectivity index (χ3n) is 4.60. The van der Waals surface area contributed by atoms with Crippen molar-refractivity contribution in [3.8, 4) is 5.88 Å². The fraction of sp³-hybridized carbons (Fsp3) is 0.500. The van der Waals surface area contributed by atoms with E-state index in [1.165, 1.54) is 7.11 Å². The summed E-state index contributed by atoms with van der Waals surface area (Å²) in [4.78, 5) is 29.7. The van der Waals surface area contributed by atoms with Gasteiger partial charge in [0.15, 0.2) is 0 Å². The molecule has 0 aromatic carbocycles. The number of thiophene rings is 1. The van der Waals surface area contributed by atoms with Crippen LogP contribution in [-0.4, -0.2) is 77.9 Å². The highest BCUT2D eigenvalue weighted by Crippen LogP contribution is 2.18. The van der Waals surface area contributed by atoms with Gasteiger partial charge >= 0.3 is 6.03 Å². The van der Waals surface area contributed by atoms with Crippen LogP contribution in [0.5, 0.6) is 5.88 Å². The first-order chi connectivity index (χ1) is 13.6. The van der Waals surface area contributed by atoms with E-state index < -0.39 is 0 Å². The van der Waals surface area contributed by atoms with Crippen molar-refractivity contribution < 1.29 is 14.3 Å². The highest BCUT2D eigenvalue weighted by atomic mass is 32.1. The Kier molecular flexibility index (Phi) is 6.88. The van der Waals surface area contributed by atoms with E-state index in [1.54, 1.807) is 29.3 Å². The minimum Gasteiger partial charge on any atom is -0.479 e. The van der Waals surface area contributed by atoms with E-state index >= 15 is 0 Å². The molecule has 2 aromatic rings. The number of carbonyl (C=O) groups is 2. The van der Waals surface area contributed by atoms with Crippen LogP contribution >= 0.6 is 11.3 Å². The SMILES string of the molecule is COc1nn(C)cc1C(=O)N1CCN(CCNC(=O)NCc2cccs2)CC1. The lowest BCUT2D eigenvalue weighted by molar-refractivity contribution is 0.0636. The minimum absolute atomic E-state index is 0.0596. The number of urea groups is 1. The van der Waals surface area contributed by atoms with Crippen molar-refractivity contribution in [2.45, 2.75) is 6.54 Å². The van der Waals surface area contributed by atoms with Crippen LogP contribution in [0.1, 0.15) is 15.2 Å². The van der Waals surface area contributed by atoms with Gasteiger partial charge in [-0.3, -0.25) is 14.4 Å². The highest BCUT2D eigenvalue weighted by Gasteiger charge is 2.25. The van der Waals surface area contributed by atoms with Crippen LogP contribution in [0.3, 0.4) is 0 Å². The van der Waals surface area contributed by atoms with Crippen molar-refractivity contribution in [1.29, 1.82) is 0 Å². The fourth-order valence-electron chi connectivity index (χ4n) is 3.08. The molecule has 1 fully saturated rings. The number of amides is 3. The summed E-state index contributed by atoms with van der Waals surface area (Å²) in [7, 11) is 3.28. The Hall–Kier alpha value is -2.59. The zero-order valence-electron chi connectivity index (χ0n) is 16.2. The highest BCUT2D eigenvalue weighted by molar-refractivity contribution is 7.09. The summed E-state index contributed by atoms with van der Waals surface area (Å²) in [5, 5.41) is 11.8. The molecule has 3 rings (SSSR count). The van der Waals surface area contributed by atoms with Gasteiger partial charge in [-0.15, -0.1) is 16.4 Å². The van der Waals surface area contributed by atoms with Gasteiger partial charge in [0.25, 0.3) is 5.91 Å². The van der Waals surface area contributed by atoms with Gasteiger partial charge in [0, 0.05) is 57.4 Å². The number of piperazine rings is 1. The lowest BCUT2D eigenvalue weighted by Crippen LogP contribution is -2.50. The van der Waals surface area contributed by atoms with E-state index in [0.717, 1.165) is 24.5 Å². The van der Waals surface area contributed by atoms with Gasteiger partial charge in [-0.2, -0.15) is 0 Å². The lowest BCUT2D eigenvalue weighted by Gasteiger charge is -2.34. The predicted octanol–water partition coefficient (Wildman–Crippen LogP) is 0.747. The number of methoxy groups -OCH3 is 1. The van der Waals surface area contributed by atoms with Gasteiger partial charge in [0.05, 0.1) is 13.7 Å². The first-order valence-electron chi connectivity index (χ1n) is 9.20. The van der Waals surface area contributed by atoms with Gasteiger partial charge in [-0.25, -0.2) is 4.79 Å². The molecule has 2 N–H and O–H groups in total. The van der Waals surface area contributed by atoms with E-state index in [2.05, 4.69) is 20.6 Å². The molecule has 0 aliphatic carbocycles. The van der Waals surface area contributed by atoms with E-state index in [9.17, 15) is 9.59 Å². The average Bonchev–Trinajstić information content (AvgIpc) is 3.35. The molecule has 9 nitrogen and oxygen atoms in total.